The van der Waals surface area contributed by atoms with Gasteiger partial charge in [-0.1, -0.05) is 12.8 Å². The Bertz CT molecular complexity index is 692. The lowest BCUT2D eigenvalue weighted by molar-refractivity contribution is 0.154. The third kappa shape index (κ3) is 4.51. The van der Waals surface area contributed by atoms with Gasteiger partial charge in [-0.25, -0.2) is 4.98 Å². The van der Waals surface area contributed by atoms with Crippen molar-refractivity contribution in [2.45, 2.75) is 38.3 Å². The molecule has 0 atom stereocenters. The maximum absolute atomic E-state index is 4.75. The lowest BCUT2D eigenvalue weighted by Gasteiger charge is -2.39. The summed E-state index contributed by atoms with van der Waals surface area (Å²) in [6.07, 6.45) is 7.10. The Kier molecular flexibility index (Phi) is 5.53. The number of thiophene rings is 1. The number of nitrogens with zero attached hydrogens (tertiary/aromatic N) is 4. The van der Waals surface area contributed by atoms with Crippen molar-refractivity contribution in [3.05, 3.63) is 33.1 Å². The molecule has 2 aliphatic rings. The van der Waals surface area contributed by atoms with E-state index in [-0.39, 0.29) is 0 Å². The molecule has 0 bridgehead atoms. The monoisotopic (exact) mass is 421 g/mol. The first-order valence-corrected chi connectivity index (χ1v) is 10.7. The highest BCUT2D eigenvalue weighted by atomic mass is 79.9. The smallest absolute Gasteiger partial charge is 0.224 e. The Hall–Kier alpha value is -1.18. The molecule has 0 unspecified atom stereocenters. The summed E-state index contributed by atoms with van der Waals surface area (Å²) in [5.41, 5.74) is 0. The second-order valence-electron chi connectivity index (χ2n) is 6.88. The van der Waals surface area contributed by atoms with Gasteiger partial charge in [0.2, 0.25) is 5.95 Å². The number of hydrogen-bond acceptors (Lipinski definition) is 6. The predicted octanol–water partition coefficient (Wildman–Crippen LogP) is 3.98. The summed E-state index contributed by atoms with van der Waals surface area (Å²) in [5.74, 6) is 1.84. The third-order valence-electron chi connectivity index (χ3n) is 4.87. The lowest BCUT2D eigenvalue weighted by atomic mass is 10.1. The summed E-state index contributed by atoms with van der Waals surface area (Å²) in [4.78, 5) is 15.4. The molecule has 2 aromatic rings. The van der Waals surface area contributed by atoms with Crippen LogP contribution in [-0.4, -0.2) is 47.1 Å². The van der Waals surface area contributed by atoms with Crippen molar-refractivity contribution < 1.29 is 0 Å². The largest absolute Gasteiger partial charge is 0.356 e. The van der Waals surface area contributed by atoms with Gasteiger partial charge < -0.3 is 10.2 Å². The molecule has 0 spiro atoms. The quantitative estimate of drug-likeness (QED) is 0.790. The molecule has 4 rings (SSSR count). The standard InChI is InChI=1S/C18H24BrN5S/c19-16-6-5-15(25-16)13-23-11-14(12-23)21-18-20-8-7-17(22-18)24-9-3-1-2-4-10-24/h5-8,14H,1-4,9-13H2,(H,20,21,22). The van der Waals surface area contributed by atoms with Crippen LogP contribution < -0.4 is 10.2 Å². The molecular formula is C18H24BrN5S. The fourth-order valence-corrected chi connectivity index (χ4v) is 5.05. The number of rotatable bonds is 5. The number of nitrogens with one attached hydrogen (secondary N) is 1. The van der Waals surface area contributed by atoms with Crippen molar-refractivity contribution in [1.82, 2.24) is 14.9 Å². The normalized spacial score (nSPS) is 19.5. The Morgan fingerprint density at radius 1 is 1.12 bits per heavy atom. The molecule has 0 aliphatic carbocycles. The Labute approximate surface area is 161 Å². The summed E-state index contributed by atoms with van der Waals surface area (Å²) in [6.45, 7) is 5.36. The van der Waals surface area contributed by atoms with Crippen LogP contribution in [0.4, 0.5) is 11.8 Å². The fraction of sp³-hybridized carbons (Fsp3) is 0.556. The van der Waals surface area contributed by atoms with Crippen LogP contribution in [0.25, 0.3) is 0 Å². The van der Waals surface area contributed by atoms with E-state index in [0.717, 1.165) is 44.5 Å². The SMILES string of the molecule is Brc1ccc(CN2CC(Nc3nccc(N4CCCCCC4)n3)C2)s1. The van der Waals surface area contributed by atoms with Crippen molar-refractivity contribution in [3.8, 4) is 0 Å². The summed E-state index contributed by atoms with van der Waals surface area (Å²) >= 11 is 5.34. The highest BCUT2D eigenvalue weighted by Gasteiger charge is 2.27. The van der Waals surface area contributed by atoms with Gasteiger partial charge in [0.25, 0.3) is 0 Å². The molecule has 7 heteroatoms. The van der Waals surface area contributed by atoms with Gasteiger partial charge in [0.15, 0.2) is 0 Å². The summed E-state index contributed by atoms with van der Waals surface area (Å²) in [5, 5.41) is 3.50. The van der Waals surface area contributed by atoms with Crippen molar-refractivity contribution in [1.29, 1.82) is 0 Å². The van der Waals surface area contributed by atoms with E-state index in [1.54, 1.807) is 0 Å². The topological polar surface area (TPSA) is 44.3 Å². The van der Waals surface area contributed by atoms with Crippen molar-refractivity contribution >= 4 is 39.0 Å². The molecule has 0 aromatic carbocycles. The van der Waals surface area contributed by atoms with Gasteiger partial charge in [0.05, 0.1) is 9.83 Å². The number of aromatic nitrogens is 2. The Morgan fingerprint density at radius 2 is 1.92 bits per heavy atom. The van der Waals surface area contributed by atoms with Crippen LogP contribution in [0.3, 0.4) is 0 Å². The van der Waals surface area contributed by atoms with Crippen molar-refractivity contribution in [2.75, 3.05) is 36.4 Å². The number of hydrogen-bond donors (Lipinski definition) is 1. The van der Waals surface area contributed by atoms with Crippen LogP contribution in [0.1, 0.15) is 30.6 Å². The van der Waals surface area contributed by atoms with Gasteiger partial charge >= 0.3 is 0 Å². The van der Waals surface area contributed by atoms with E-state index in [9.17, 15) is 0 Å². The van der Waals surface area contributed by atoms with E-state index in [4.69, 9.17) is 4.98 Å². The number of likely N-dealkylation sites (tertiary alicyclic amines) is 1. The molecule has 0 saturated carbocycles. The van der Waals surface area contributed by atoms with E-state index in [2.05, 4.69) is 48.2 Å². The van der Waals surface area contributed by atoms with E-state index in [0.29, 0.717) is 6.04 Å². The maximum atomic E-state index is 4.75. The highest BCUT2D eigenvalue weighted by molar-refractivity contribution is 9.11. The molecule has 0 radical (unpaired) electrons. The van der Waals surface area contributed by atoms with Crippen molar-refractivity contribution in [2.24, 2.45) is 0 Å². The Morgan fingerprint density at radius 3 is 2.64 bits per heavy atom. The van der Waals surface area contributed by atoms with Gasteiger partial charge in [-0.3, -0.25) is 4.90 Å². The van der Waals surface area contributed by atoms with Gasteiger partial charge in [-0.05, 0) is 47.0 Å². The third-order valence-corrected chi connectivity index (χ3v) is 6.48. The summed E-state index contributed by atoms with van der Waals surface area (Å²) < 4.78 is 1.21. The first-order valence-electron chi connectivity index (χ1n) is 9.07. The molecule has 4 heterocycles. The number of halogens is 1. The van der Waals surface area contributed by atoms with E-state index >= 15 is 0 Å². The maximum Gasteiger partial charge on any atom is 0.224 e. The fourth-order valence-electron chi connectivity index (χ4n) is 3.52. The van der Waals surface area contributed by atoms with Crippen LogP contribution in [0.2, 0.25) is 0 Å². The minimum Gasteiger partial charge on any atom is -0.356 e. The molecule has 5 nitrogen and oxygen atoms in total. The van der Waals surface area contributed by atoms with E-state index in [1.807, 2.05) is 23.6 Å². The van der Waals surface area contributed by atoms with Crippen molar-refractivity contribution in [3.63, 3.8) is 0 Å². The average molecular weight is 422 g/mol. The lowest BCUT2D eigenvalue weighted by Crippen LogP contribution is -2.54. The van der Waals surface area contributed by atoms with Crippen LogP contribution in [0.5, 0.6) is 0 Å². The molecule has 2 fully saturated rings. The first-order chi connectivity index (χ1) is 12.3. The molecule has 1 N–H and O–H groups in total. The van der Waals surface area contributed by atoms with Gasteiger partial charge in [0.1, 0.15) is 5.82 Å². The van der Waals surface area contributed by atoms with Crippen LogP contribution in [0.15, 0.2) is 28.2 Å². The molecular weight excluding hydrogens is 398 g/mol. The molecule has 2 saturated heterocycles. The average Bonchev–Trinajstić information content (AvgIpc) is 2.83. The van der Waals surface area contributed by atoms with Crippen LogP contribution in [0, 0.1) is 0 Å². The molecule has 134 valence electrons. The first kappa shape index (κ1) is 17.2. The minimum absolute atomic E-state index is 0.447. The highest BCUT2D eigenvalue weighted by Crippen LogP contribution is 2.25. The Balaban J connectivity index is 1.29. The zero-order valence-electron chi connectivity index (χ0n) is 14.3. The van der Waals surface area contributed by atoms with Gasteiger partial charge in [-0.2, -0.15) is 4.98 Å². The predicted molar refractivity (Wildman–Crippen MR) is 107 cm³/mol. The molecule has 2 aliphatic heterocycles. The zero-order valence-corrected chi connectivity index (χ0v) is 16.7. The van der Waals surface area contributed by atoms with Crippen LogP contribution in [-0.2, 0) is 6.54 Å². The number of anilines is 2. The summed E-state index contributed by atoms with van der Waals surface area (Å²) in [7, 11) is 0. The second-order valence-corrected chi connectivity index (χ2v) is 9.43. The second kappa shape index (κ2) is 8.01. The summed E-state index contributed by atoms with van der Waals surface area (Å²) in [6, 6.07) is 6.81. The molecule has 25 heavy (non-hydrogen) atoms. The van der Waals surface area contributed by atoms with E-state index < -0.39 is 0 Å². The zero-order chi connectivity index (χ0) is 17.1. The minimum atomic E-state index is 0.447. The van der Waals surface area contributed by atoms with E-state index in [1.165, 1.54) is 34.3 Å². The van der Waals surface area contributed by atoms with Crippen LogP contribution >= 0.6 is 27.3 Å². The van der Waals surface area contributed by atoms with Gasteiger partial charge in [-0.15, -0.1) is 11.3 Å². The molecule has 0 amide bonds. The van der Waals surface area contributed by atoms with Gasteiger partial charge in [0, 0.05) is 43.8 Å². The molecule has 2 aromatic heterocycles.